The second-order valence-electron chi connectivity index (χ2n) is 8.75. The van der Waals surface area contributed by atoms with Crippen LogP contribution in [0.15, 0.2) is 66.2 Å². The predicted molar refractivity (Wildman–Crippen MR) is 141 cm³/mol. The van der Waals surface area contributed by atoms with Crippen molar-refractivity contribution >= 4 is 29.0 Å². The van der Waals surface area contributed by atoms with Gasteiger partial charge in [-0.2, -0.15) is 5.10 Å². The summed E-state index contributed by atoms with van der Waals surface area (Å²) in [5.41, 5.74) is 7.11. The lowest BCUT2D eigenvalue weighted by molar-refractivity contribution is 0.627. The topological polar surface area (TPSA) is 108 Å². The number of halogens is 1. The van der Waals surface area contributed by atoms with Crippen molar-refractivity contribution in [1.82, 2.24) is 30.1 Å². The number of hydrogen-bond acceptors (Lipinski definition) is 6. The molecular formula is C27H25FN8. The molecule has 0 saturated heterocycles. The molecule has 5 aromatic rings. The van der Waals surface area contributed by atoms with Crippen LogP contribution in [0.4, 0.5) is 10.1 Å². The third-order valence-electron chi connectivity index (χ3n) is 5.69. The van der Waals surface area contributed by atoms with Gasteiger partial charge in [0.05, 0.1) is 16.8 Å². The van der Waals surface area contributed by atoms with Crippen LogP contribution < -0.4 is 5.32 Å². The maximum atomic E-state index is 13.5. The number of H-pyrrole nitrogens is 2. The number of aliphatic imine (C=N–C) groups is 1. The highest BCUT2D eigenvalue weighted by Crippen LogP contribution is 2.32. The Bertz CT molecular complexity index is 1580. The first-order valence-electron chi connectivity index (χ1n) is 11.5. The van der Waals surface area contributed by atoms with Crippen molar-refractivity contribution in [3.8, 4) is 22.6 Å². The average Bonchev–Trinajstić information content (AvgIpc) is 3.45. The van der Waals surface area contributed by atoms with Crippen molar-refractivity contribution in [3.63, 3.8) is 0 Å². The van der Waals surface area contributed by atoms with Crippen LogP contribution in [0.3, 0.4) is 0 Å². The molecule has 9 heteroatoms. The number of imidazole rings is 1. The Kier molecular flexibility index (Phi) is 6.12. The number of rotatable bonds is 7. The number of pyridine rings is 2. The molecule has 0 bridgehead atoms. The van der Waals surface area contributed by atoms with Crippen molar-refractivity contribution in [3.05, 3.63) is 84.0 Å². The highest BCUT2D eigenvalue weighted by Gasteiger charge is 2.18. The van der Waals surface area contributed by atoms with Gasteiger partial charge in [0.25, 0.3) is 0 Å². The van der Waals surface area contributed by atoms with Gasteiger partial charge in [0.1, 0.15) is 11.5 Å². The third-order valence-corrected chi connectivity index (χ3v) is 5.69. The molecule has 3 N–H and O–H groups in total. The van der Waals surface area contributed by atoms with Gasteiger partial charge in [0, 0.05) is 53.2 Å². The molecule has 0 aliphatic carbocycles. The number of fused-ring (bicyclic) bond motifs is 1. The Labute approximate surface area is 207 Å². The standard InChI is InChI=1S/C27H25FN8/c1-15(2)32-21-9-18(11-30-13-21)19-10-22-25(35-36-26(22)31-12-19)27-33-16(3)24(34-27)23(14-29-4)17-5-7-20(28)8-6-17/h5-15,32H,4H2,1-3H3,(H,33,34)(H,31,35,36)/b23-14-. The molecule has 4 heterocycles. The van der Waals surface area contributed by atoms with Gasteiger partial charge in [-0.15, -0.1) is 0 Å². The fourth-order valence-corrected chi connectivity index (χ4v) is 4.08. The minimum absolute atomic E-state index is 0.296. The van der Waals surface area contributed by atoms with Gasteiger partial charge in [0.15, 0.2) is 11.5 Å². The number of anilines is 1. The first-order valence-corrected chi connectivity index (χ1v) is 11.5. The number of hydrogen-bond donors (Lipinski definition) is 3. The average molecular weight is 481 g/mol. The largest absolute Gasteiger partial charge is 0.382 e. The van der Waals surface area contributed by atoms with Crippen molar-refractivity contribution in [2.75, 3.05) is 5.32 Å². The van der Waals surface area contributed by atoms with E-state index in [1.54, 1.807) is 30.7 Å². The number of aromatic nitrogens is 6. The van der Waals surface area contributed by atoms with E-state index >= 15 is 0 Å². The second-order valence-corrected chi connectivity index (χ2v) is 8.75. The fourth-order valence-electron chi connectivity index (χ4n) is 4.08. The first kappa shape index (κ1) is 23.1. The van der Waals surface area contributed by atoms with Crippen molar-refractivity contribution in [2.45, 2.75) is 26.8 Å². The summed E-state index contributed by atoms with van der Waals surface area (Å²) in [4.78, 5) is 21.0. The van der Waals surface area contributed by atoms with Gasteiger partial charge < -0.3 is 10.3 Å². The number of benzene rings is 1. The summed E-state index contributed by atoms with van der Waals surface area (Å²) in [5.74, 6) is 0.298. The Balaban J connectivity index is 1.56. The molecule has 0 fully saturated rings. The number of aryl methyl sites for hydroxylation is 1. The molecule has 8 nitrogen and oxygen atoms in total. The highest BCUT2D eigenvalue weighted by molar-refractivity contribution is 5.92. The van der Waals surface area contributed by atoms with Crippen molar-refractivity contribution in [2.24, 2.45) is 4.99 Å². The summed E-state index contributed by atoms with van der Waals surface area (Å²) in [5, 5.41) is 11.6. The van der Waals surface area contributed by atoms with Crippen LogP contribution in [0.1, 0.15) is 30.8 Å². The lowest BCUT2D eigenvalue weighted by atomic mass is 10.0. The molecule has 4 aromatic heterocycles. The second kappa shape index (κ2) is 9.53. The van der Waals surface area contributed by atoms with Gasteiger partial charge in [0.2, 0.25) is 0 Å². The predicted octanol–water partition coefficient (Wildman–Crippen LogP) is 5.77. The summed E-state index contributed by atoms with van der Waals surface area (Å²) in [6.07, 6.45) is 7.02. The molecule has 1 aromatic carbocycles. The maximum absolute atomic E-state index is 13.5. The van der Waals surface area contributed by atoms with E-state index in [0.29, 0.717) is 28.9 Å². The zero-order valence-electron chi connectivity index (χ0n) is 20.2. The van der Waals surface area contributed by atoms with E-state index in [1.807, 2.05) is 25.3 Å². The maximum Gasteiger partial charge on any atom is 0.181 e. The van der Waals surface area contributed by atoms with E-state index < -0.39 is 0 Å². The Morgan fingerprint density at radius 1 is 1.11 bits per heavy atom. The quantitative estimate of drug-likeness (QED) is 0.256. The van der Waals surface area contributed by atoms with Crippen molar-refractivity contribution in [1.29, 1.82) is 0 Å². The molecule has 0 aliphatic rings. The Morgan fingerprint density at radius 2 is 1.89 bits per heavy atom. The lowest BCUT2D eigenvalue weighted by Gasteiger charge is -2.10. The lowest BCUT2D eigenvalue weighted by Crippen LogP contribution is -2.09. The molecule has 0 spiro atoms. The molecule has 0 radical (unpaired) electrons. The minimum atomic E-state index is -0.308. The summed E-state index contributed by atoms with van der Waals surface area (Å²) in [6, 6.07) is 10.6. The fraction of sp³-hybridized carbons (Fsp3) is 0.148. The van der Waals surface area contributed by atoms with E-state index in [1.165, 1.54) is 12.1 Å². The van der Waals surface area contributed by atoms with E-state index in [-0.39, 0.29) is 5.82 Å². The molecular weight excluding hydrogens is 455 g/mol. The molecule has 180 valence electrons. The smallest absolute Gasteiger partial charge is 0.181 e. The van der Waals surface area contributed by atoms with E-state index in [0.717, 1.165) is 39.0 Å². The van der Waals surface area contributed by atoms with Gasteiger partial charge in [-0.3, -0.25) is 15.1 Å². The summed E-state index contributed by atoms with van der Waals surface area (Å²) in [6.45, 7) is 9.67. The minimum Gasteiger partial charge on any atom is -0.382 e. The summed E-state index contributed by atoms with van der Waals surface area (Å²) < 4.78 is 13.5. The van der Waals surface area contributed by atoms with Crippen molar-refractivity contribution < 1.29 is 4.39 Å². The van der Waals surface area contributed by atoms with Gasteiger partial charge in [-0.05, 0) is 57.3 Å². The van der Waals surface area contributed by atoms with Gasteiger partial charge in [-0.25, -0.2) is 14.4 Å². The normalized spacial score (nSPS) is 11.9. The van der Waals surface area contributed by atoms with Crippen LogP contribution in [0.25, 0.3) is 39.3 Å². The van der Waals surface area contributed by atoms with E-state index in [9.17, 15) is 4.39 Å². The molecule has 36 heavy (non-hydrogen) atoms. The van der Waals surface area contributed by atoms with Crippen LogP contribution in [0.5, 0.6) is 0 Å². The molecule has 0 amide bonds. The van der Waals surface area contributed by atoms with E-state index in [2.05, 4.69) is 56.0 Å². The monoisotopic (exact) mass is 480 g/mol. The summed E-state index contributed by atoms with van der Waals surface area (Å²) in [7, 11) is 0. The molecule has 0 atom stereocenters. The SMILES string of the molecule is C=N/C=C(/c1ccc(F)cc1)c1nc(-c2[nH]nc3ncc(-c4cncc(NC(C)C)c4)cc23)[nH]c1C. The summed E-state index contributed by atoms with van der Waals surface area (Å²) >= 11 is 0. The molecule has 0 unspecified atom stereocenters. The first-order chi connectivity index (χ1) is 17.4. The van der Waals surface area contributed by atoms with Gasteiger partial charge >= 0.3 is 0 Å². The Hall–Kier alpha value is -4.66. The molecule has 5 rings (SSSR count). The van der Waals surface area contributed by atoms with Crippen LogP contribution >= 0.6 is 0 Å². The Morgan fingerprint density at radius 3 is 2.64 bits per heavy atom. The zero-order valence-corrected chi connectivity index (χ0v) is 20.2. The number of nitrogens with one attached hydrogen (secondary N) is 3. The highest BCUT2D eigenvalue weighted by atomic mass is 19.1. The number of aromatic amines is 2. The van der Waals surface area contributed by atoms with Crippen LogP contribution in [-0.2, 0) is 0 Å². The van der Waals surface area contributed by atoms with Crippen LogP contribution in [0, 0.1) is 12.7 Å². The van der Waals surface area contributed by atoms with Crippen LogP contribution in [0.2, 0.25) is 0 Å². The zero-order chi connectivity index (χ0) is 25.2. The van der Waals surface area contributed by atoms with Gasteiger partial charge in [-0.1, -0.05) is 12.1 Å². The molecule has 0 saturated carbocycles. The molecule has 0 aliphatic heterocycles. The third kappa shape index (κ3) is 4.50. The van der Waals surface area contributed by atoms with E-state index in [4.69, 9.17) is 4.98 Å². The number of nitrogens with zero attached hydrogens (tertiary/aromatic N) is 5. The van der Waals surface area contributed by atoms with Crippen LogP contribution in [-0.4, -0.2) is 42.9 Å².